The van der Waals surface area contributed by atoms with Crippen molar-refractivity contribution in [2.75, 3.05) is 19.6 Å². The highest BCUT2D eigenvalue weighted by molar-refractivity contribution is 5.88. The number of carbonyl (C=O) groups excluding carboxylic acids is 1. The fraction of sp³-hybridized carbons (Fsp3) is 0.345. The molecule has 162 valence electrons. The number of hydrogen-bond donors (Lipinski definition) is 0. The molecule has 0 radical (unpaired) electrons. The first-order chi connectivity index (χ1) is 15.8. The van der Waals surface area contributed by atoms with Gasteiger partial charge in [0.2, 0.25) is 5.91 Å². The van der Waals surface area contributed by atoms with Gasteiger partial charge in [-0.15, -0.1) is 0 Å². The summed E-state index contributed by atoms with van der Waals surface area (Å²) < 4.78 is 0. The Morgan fingerprint density at radius 3 is 1.81 bits per heavy atom. The predicted molar refractivity (Wildman–Crippen MR) is 127 cm³/mol. The van der Waals surface area contributed by atoms with Crippen LogP contribution in [0.1, 0.15) is 41.4 Å². The number of amides is 1. The van der Waals surface area contributed by atoms with E-state index in [1.807, 2.05) is 36.4 Å². The lowest BCUT2D eigenvalue weighted by Crippen LogP contribution is -2.61. The molecule has 4 heterocycles. The normalized spacial score (nSPS) is 28.7. The number of fused-ring (bicyclic) bond motifs is 2. The Morgan fingerprint density at radius 1 is 0.719 bits per heavy atom. The second-order valence-corrected chi connectivity index (χ2v) is 9.62. The predicted octanol–water partition coefficient (Wildman–Crippen LogP) is 4.91. The lowest BCUT2D eigenvalue weighted by atomic mass is 9.75. The van der Waals surface area contributed by atoms with E-state index in [-0.39, 0.29) is 11.8 Å². The quantitative estimate of drug-likeness (QED) is 0.597. The topological polar surface area (TPSA) is 23.6 Å². The molecule has 4 aliphatic heterocycles. The maximum atomic E-state index is 14.4. The van der Waals surface area contributed by atoms with Gasteiger partial charge in [0.25, 0.3) is 0 Å². The second kappa shape index (κ2) is 8.22. The zero-order valence-electron chi connectivity index (χ0n) is 18.4. The molecule has 3 aromatic carbocycles. The Morgan fingerprint density at radius 2 is 1.25 bits per heavy atom. The molecule has 0 saturated carbocycles. The van der Waals surface area contributed by atoms with Crippen LogP contribution in [0, 0.1) is 5.92 Å². The molecule has 0 aromatic heterocycles. The highest BCUT2D eigenvalue weighted by Crippen LogP contribution is 2.47. The van der Waals surface area contributed by atoms with E-state index in [0.717, 1.165) is 17.7 Å². The fourth-order valence-electron chi connectivity index (χ4n) is 6.60. The average molecular weight is 423 g/mol. The van der Waals surface area contributed by atoms with Crippen LogP contribution in [0.3, 0.4) is 0 Å². The van der Waals surface area contributed by atoms with E-state index in [0.29, 0.717) is 23.9 Å². The summed E-state index contributed by atoms with van der Waals surface area (Å²) in [4.78, 5) is 19.3. The van der Waals surface area contributed by atoms with Crippen LogP contribution in [0.4, 0.5) is 0 Å². The Kier molecular flexibility index (Phi) is 5.07. The zero-order valence-corrected chi connectivity index (χ0v) is 18.4. The summed E-state index contributed by atoms with van der Waals surface area (Å²) in [6, 6.07) is 32.3. The van der Waals surface area contributed by atoms with Crippen LogP contribution in [-0.2, 0) is 4.79 Å². The van der Waals surface area contributed by atoms with Crippen molar-refractivity contribution in [1.29, 1.82) is 0 Å². The number of piperidine rings is 3. The number of carbonyl (C=O) groups is 1. The van der Waals surface area contributed by atoms with Crippen molar-refractivity contribution < 1.29 is 4.79 Å². The summed E-state index contributed by atoms with van der Waals surface area (Å²) in [7, 11) is 0. The van der Waals surface area contributed by atoms with E-state index >= 15 is 0 Å². The summed E-state index contributed by atoms with van der Waals surface area (Å²) >= 11 is 0. The monoisotopic (exact) mass is 422 g/mol. The summed E-state index contributed by atoms with van der Waals surface area (Å²) in [6.07, 6.45) is 2.43. The number of benzene rings is 3. The molecule has 7 rings (SSSR count). The molecule has 0 spiro atoms. The summed E-state index contributed by atoms with van der Waals surface area (Å²) in [5.41, 5.74) is 3.55. The van der Waals surface area contributed by atoms with Crippen molar-refractivity contribution in [2.24, 2.45) is 5.92 Å². The first-order valence-corrected chi connectivity index (χ1v) is 12.0. The van der Waals surface area contributed by atoms with Crippen LogP contribution in [0.15, 0.2) is 91.0 Å². The van der Waals surface area contributed by atoms with Gasteiger partial charge in [0.05, 0.1) is 12.0 Å². The number of nitrogens with zero attached hydrogens (tertiary/aromatic N) is 2. The molecule has 4 saturated heterocycles. The molecule has 0 N–H and O–H groups in total. The van der Waals surface area contributed by atoms with Crippen LogP contribution in [0.25, 0.3) is 0 Å². The Balaban J connectivity index is 1.41. The van der Waals surface area contributed by atoms with Crippen LogP contribution in [0.2, 0.25) is 0 Å². The van der Waals surface area contributed by atoms with Crippen molar-refractivity contribution in [3.05, 3.63) is 108 Å². The third kappa shape index (κ3) is 3.27. The van der Waals surface area contributed by atoms with Crippen molar-refractivity contribution >= 4 is 5.91 Å². The molecule has 32 heavy (non-hydrogen) atoms. The Labute approximate surface area is 190 Å². The maximum absolute atomic E-state index is 14.4. The number of likely N-dealkylation sites (tertiary alicyclic amines) is 1. The van der Waals surface area contributed by atoms with E-state index in [4.69, 9.17) is 0 Å². The molecule has 0 aliphatic carbocycles. The first kappa shape index (κ1) is 19.8. The van der Waals surface area contributed by atoms with Crippen molar-refractivity contribution in [2.45, 2.75) is 36.8 Å². The van der Waals surface area contributed by atoms with E-state index in [2.05, 4.69) is 64.4 Å². The highest BCUT2D eigenvalue weighted by Gasteiger charge is 2.55. The molecular weight excluding hydrogens is 392 g/mol. The average Bonchev–Trinajstić information content (AvgIpc) is 3.30. The van der Waals surface area contributed by atoms with E-state index < -0.39 is 0 Å². The summed E-state index contributed by atoms with van der Waals surface area (Å²) in [5, 5.41) is 0. The molecule has 4 fully saturated rings. The van der Waals surface area contributed by atoms with Gasteiger partial charge in [0.1, 0.15) is 0 Å². The smallest absolute Gasteiger partial charge is 0.234 e. The van der Waals surface area contributed by atoms with Crippen molar-refractivity contribution in [1.82, 2.24) is 9.80 Å². The molecule has 3 unspecified atom stereocenters. The van der Waals surface area contributed by atoms with Gasteiger partial charge >= 0.3 is 0 Å². The Bertz CT molecular complexity index is 1020. The Hall–Kier alpha value is -2.91. The van der Waals surface area contributed by atoms with E-state index in [1.165, 1.54) is 31.5 Å². The summed E-state index contributed by atoms with van der Waals surface area (Å²) in [6.45, 7) is 3.18. The fourth-order valence-corrected chi connectivity index (χ4v) is 6.60. The third-order valence-corrected chi connectivity index (χ3v) is 8.02. The van der Waals surface area contributed by atoms with Gasteiger partial charge in [-0.3, -0.25) is 9.69 Å². The number of rotatable bonds is 4. The van der Waals surface area contributed by atoms with Crippen molar-refractivity contribution in [3.8, 4) is 0 Å². The van der Waals surface area contributed by atoms with Gasteiger partial charge in [-0.1, -0.05) is 91.0 Å². The molecule has 3 atom stereocenters. The van der Waals surface area contributed by atoms with Crippen LogP contribution in [-0.4, -0.2) is 47.4 Å². The van der Waals surface area contributed by atoms with Gasteiger partial charge in [-0.05, 0) is 48.5 Å². The van der Waals surface area contributed by atoms with Gasteiger partial charge in [-0.25, -0.2) is 0 Å². The van der Waals surface area contributed by atoms with Crippen LogP contribution < -0.4 is 0 Å². The van der Waals surface area contributed by atoms with E-state index in [1.54, 1.807) is 0 Å². The minimum atomic E-state index is -0.247. The molecule has 3 aromatic rings. The molecular formula is C29H30N2O. The minimum absolute atomic E-state index is 0.247. The molecule has 1 amide bonds. The second-order valence-electron chi connectivity index (χ2n) is 9.62. The lowest BCUT2D eigenvalue weighted by molar-refractivity contribution is -0.136. The third-order valence-electron chi connectivity index (χ3n) is 8.02. The van der Waals surface area contributed by atoms with Crippen LogP contribution >= 0.6 is 0 Å². The molecule has 4 aliphatic rings. The molecule has 2 bridgehead atoms. The SMILES string of the molecule is O=C(C(c1ccccc1)c1ccccc1)N1CC(c2ccccc2)C2C1C1CCN2CC1. The molecule has 3 heteroatoms. The van der Waals surface area contributed by atoms with Gasteiger partial charge in [-0.2, -0.15) is 0 Å². The van der Waals surface area contributed by atoms with Gasteiger partial charge in [0, 0.05) is 18.5 Å². The molecule has 3 nitrogen and oxygen atoms in total. The highest BCUT2D eigenvalue weighted by atomic mass is 16.2. The largest absolute Gasteiger partial charge is 0.336 e. The van der Waals surface area contributed by atoms with Gasteiger partial charge in [0.15, 0.2) is 0 Å². The van der Waals surface area contributed by atoms with E-state index in [9.17, 15) is 4.79 Å². The van der Waals surface area contributed by atoms with Gasteiger partial charge < -0.3 is 4.90 Å². The number of hydrogen-bond acceptors (Lipinski definition) is 2. The standard InChI is InChI=1S/C29H30N2O/c32-29(26(22-12-6-2-7-13-22)23-14-8-3-9-15-23)31-20-25(21-10-4-1-5-11-21)28-27(31)24-16-18-30(28)19-17-24/h1-15,24-28H,16-20H2. The maximum Gasteiger partial charge on any atom is 0.234 e. The minimum Gasteiger partial charge on any atom is -0.336 e. The summed E-state index contributed by atoms with van der Waals surface area (Å²) in [5.74, 6) is 1.03. The van der Waals surface area contributed by atoms with Crippen LogP contribution in [0.5, 0.6) is 0 Å². The zero-order chi connectivity index (χ0) is 21.5. The van der Waals surface area contributed by atoms with Crippen molar-refractivity contribution in [3.63, 3.8) is 0 Å². The lowest BCUT2D eigenvalue weighted by Gasteiger charge is -2.51. The first-order valence-electron chi connectivity index (χ1n) is 12.0.